The van der Waals surface area contributed by atoms with Crippen molar-refractivity contribution in [2.24, 2.45) is 0 Å². The van der Waals surface area contributed by atoms with Gasteiger partial charge in [0.2, 0.25) is 0 Å². The monoisotopic (exact) mass is 153 g/mol. The molecule has 2 bridgehead atoms. The number of rotatable bonds is 0. The van der Waals surface area contributed by atoms with Gasteiger partial charge in [0.15, 0.2) is 0 Å². The van der Waals surface area contributed by atoms with Crippen LogP contribution in [0, 0.1) is 0 Å². The third-order valence-electron chi connectivity index (χ3n) is 3.17. The van der Waals surface area contributed by atoms with E-state index in [1.165, 1.54) is 12.8 Å². The molecule has 62 valence electrons. The molecule has 0 aromatic rings. The van der Waals surface area contributed by atoms with Crippen molar-refractivity contribution in [1.29, 1.82) is 0 Å². The third kappa shape index (κ3) is 1.09. The number of carbonyl (C=O) groups is 1. The highest BCUT2D eigenvalue weighted by molar-refractivity contribution is 5.84. The van der Waals surface area contributed by atoms with Gasteiger partial charge in [0.25, 0.3) is 0 Å². The van der Waals surface area contributed by atoms with Crippen molar-refractivity contribution in [3.8, 4) is 0 Å². The average molecular weight is 153 g/mol. The van der Waals surface area contributed by atoms with E-state index in [1.807, 2.05) is 0 Å². The van der Waals surface area contributed by atoms with Crippen LogP contribution >= 0.6 is 0 Å². The Bertz CT molecular complexity index is 178. The largest absolute Gasteiger partial charge is 0.298 e. The van der Waals surface area contributed by atoms with Crippen LogP contribution in [0.3, 0.4) is 0 Å². The first-order chi connectivity index (χ1) is 5.29. The van der Waals surface area contributed by atoms with Crippen molar-refractivity contribution >= 4 is 5.78 Å². The third-order valence-corrected chi connectivity index (χ3v) is 3.17. The highest BCUT2D eigenvalue weighted by Gasteiger charge is 2.36. The van der Waals surface area contributed by atoms with Crippen LogP contribution in [-0.2, 0) is 4.79 Å². The molecule has 2 rings (SSSR count). The topological polar surface area (TPSA) is 20.3 Å². The lowest BCUT2D eigenvalue weighted by Gasteiger charge is -2.20. The number of hydrogen-bond donors (Lipinski definition) is 0. The second-order valence-electron chi connectivity index (χ2n) is 3.77. The first kappa shape index (κ1) is 7.29. The molecule has 0 unspecified atom stereocenters. The molecule has 0 aromatic carbocycles. The Hall–Kier alpha value is -0.370. The summed E-state index contributed by atoms with van der Waals surface area (Å²) in [5.41, 5.74) is 0. The van der Waals surface area contributed by atoms with Gasteiger partial charge in [0.05, 0.1) is 6.04 Å². The molecule has 2 aliphatic rings. The molecule has 2 atom stereocenters. The number of likely N-dealkylation sites (N-methyl/N-ethyl adjacent to an activating group) is 1. The predicted octanol–water partition coefficient (Wildman–Crippen LogP) is 1.20. The van der Waals surface area contributed by atoms with E-state index in [4.69, 9.17) is 0 Å². The Morgan fingerprint density at radius 2 is 2.18 bits per heavy atom. The van der Waals surface area contributed by atoms with Gasteiger partial charge in [-0.05, 0) is 32.7 Å². The summed E-state index contributed by atoms with van der Waals surface area (Å²) in [6.45, 7) is 0. The van der Waals surface area contributed by atoms with Crippen LogP contribution in [0.2, 0.25) is 0 Å². The summed E-state index contributed by atoms with van der Waals surface area (Å²) in [5.74, 6) is 0.479. The lowest BCUT2D eigenvalue weighted by atomic mass is 10.0. The second-order valence-corrected chi connectivity index (χ2v) is 3.77. The van der Waals surface area contributed by atoms with Gasteiger partial charge in [-0.25, -0.2) is 0 Å². The molecule has 2 nitrogen and oxygen atoms in total. The van der Waals surface area contributed by atoms with Crippen LogP contribution in [-0.4, -0.2) is 29.8 Å². The maximum atomic E-state index is 11.4. The second kappa shape index (κ2) is 2.59. The van der Waals surface area contributed by atoms with Crippen molar-refractivity contribution < 1.29 is 4.79 Å². The lowest BCUT2D eigenvalue weighted by Crippen LogP contribution is -2.34. The van der Waals surface area contributed by atoms with Gasteiger partial charge in [0.1, 0.15) is 5.78 Å². The number of carbonyl (C=O) groups excluding carboxylic acids is 1. The van der Waals surface area contributed by atoms with Gasteiger partial charge in [-0.3, -0.25) is 9.69 Å². The van der Waals surface area contributed by atoms with Crippen LogP contribution < -0.4 is 0 Å². The van der Waals surface area contributed by atoms with Crippen LogP contribution in [0.25, 0.3) is 0 Å². The standard InChI is InChI=1S/C9H15NO/c1-10-7-3-2-4-9(11)8(10)6-5-7/h7-8H,2-6H2,1H3/t7-,8-/m1/s1. The molecule has 2 aliphatic heterocycles. The molecule has 0 aromatic heterocycles. The Morgan fingerprint density at radius 1 is 1.36 bits per heavy atom. The minimum Gasteiger partial charge on any atom is -0.298 e. The number of hydrogen-bond acceptors (Lipinski definition) is 2. The Balaban J connectivity index is 2.18. The van der Waals surface area contributed by atoms with E-state index >= 15 is 0 Å². The summed E-state index contributed by atoms with van der Waals surface area (Å²) in [5, 5.41) is 0. The molecule has 0 N–H and O–H groups in total. The van der Waals surface area contributed by atoms with Crippen LogP contribution in [0.5, 0.6) is 0 Å². The van der Waals surface area contributed by atoms with E-state index < -0.39 is 0 Å². The highest BCUT2D eigenvalue weighted by Crippen LogP contribution is 2.30. The van der Waals surface area contributed by atoms with E-state index in [9.17, 15) is 4.79 Å². The zero-order valence-corrected chi connectivity index (χ0v) is 7.05. The van der Waals surface area contributed by atoms with Gasteiger partial charge in [-0.1, -0.05) is 0 Å². The quantitative estimate of drug-likeness (QED) is 0.521. The summed E-state index contributed by atoms with van der Waals surface area (Å²) in [6.07, 6.45) is 5.53. The van der Waals surface area contributed by atoms with E-state index in [0.29, 0.717) is 11.8 Å². The molecular formula is C9H15NO. The van der Waals surface area contributed by atoms with Gasteiger partial charge in [-0.15, -0.1) is 0 Å². The fraction of sp³-hybridized carbons (Fsp3) is 0.889. The molecular weight excluding hydrogens is 138 g/mol. The zero-order valence-electron chi connectivity index (χ0n) is 7.05. The first-order valence-electron chi connectivity index (χ1n) is 4.53. The van der Waals surface area contributed by atoms with Gasteiger partial charge in [-0.2, -0.15) is 0 Å². The zero-order chi connectivity index (χ0) is 7.84. The molecule has 0 radical (unpaired) electrons. The fourth-order valence-electron chi connectivity index (χ4n) is 2.43. The lowest BCUT2D eigenvalue weighted by molar-refractivity contribution is -0.122. The molecule has 2 heterocycles. The molecule has 11 heavy (non-hydrogen) atoms. The number of nitrogens with zero attached hydrogens (tertiary/aromatic N) is 1. The molecule has 0 spiro atoms. The van der Waals surface area contributed by atoms with Gasteiger partial charge in [0, 0.05) is 12.5 Å². The minimum absolute atomic E-state index is 0.280. The number of fused-ring (bicyclic) bond motifs is 2. The van der Waals surface area contributed by atoms with E-state index in [-0.39, 0.29) is 6.04 Å². The van der Waals surface area contributed by atoms with E-state index in [1.54, 1.807) is 0 Å². The van der Waals surface area contributed by atoms with Crippen molar-refractivity contribution in [3.63, 3.8) is 0 Å². The minimum atomic E-state index is 0.280. The first-order valence-corrected chi connectivity index (χ1v) is 4.53. The van der Waals surface area contributed by atoms with Crippen LogP contribution in [0.4, 0.5) is 0 Å². The smallest absolute Gasteiger partial charge is 0.149 e. The molecule has 2 fully saturated rings. The molecule has 0 amide bonds. The summed E-state index contributed by atoms with van der Waals surface area (Å²) < 4.78 is 0. The normalized spacial score (nSPS) is 39.2. The summed E-state index contributed by atoms with van der Waals surface area (Å²) in [7, 11) is 2.10. The molecule has 0 aliphatic carbocycles. The molecule has 2 saturated heterocycles. The number of ketones is 1. The Labute approximate surface area is 67.6 Å². The van der Waals surface area contributed by atoms with Crippen LogP contribution in [0.1, 0.15) is 32.1 Å². The summed E-state index contributed by atoms with van der Waals surface area (Å²) in [6, 6.07) is 0.994. The maximum absolute atomic E-state index is 11.4. The molecule has 2 heteroatoms. The van der Waals surface area contributed by atoms with Crippen molar-refractivity contribution in [3.05, 3.63) is 0 Å². The maximum Gasteiger partial charge on any atom is 0.149 e. The van der Waals surface area contributed by atoms with Crippen LogP contribution in [0.15, 0.2) is 0 Å². The Kier molecular flexibility index (Phi) is 1.72. The van der Waals surface area contributed by atoms with Crippen molar-refractivity contribution in [1.82, 2.24) is 4.90 Å². The van der Waals surface area contributed by atoms with Gasteiger partial charge < -0.3 is 0 Å². The summed E-state index contributed by atoms with van der Waals surface area (Å²) in [4.78, 5) is 13.7. The number of Topliss-reactive ketones (excluding diaryl/α,β-unsaturated/α-hetero) is 1. The molecule has 0 saturated carbocycles. The summed E-state index contributed by atoms with van der Waals surface area (Å²) >= 11 is 0. The fourth-order valence-corrected chi connectivity index (χ4v) is 2.43. The predicted molar refractivity (Wildman–Crippen MR) is 43.4 cm³/mol. The highest BCUT2D eigenvalue weighted by atomic mass is 16.1. The van der Waals surface area contributed by atoms with Crippen molar-refractivity contribution in [2.45, 2.75) is 44.2 Å². The Morgan fingerprint density at radius 3 is 3.00 bits per heavy atom. The van der Waals surface area contributed by atoms with E-state index in [0.717, 1.165) is 19.3 Å². The van der Waals surface area contributed by atoms with Crippen molar-refractivity contribution in [2.75, 3.05) is 7.05 Å². The SMILES string of the molecule is CN1[C@@H]2CCCC(=O)[C@H]1CC2. The van der Waals surface area contributed by atoms with E-state index in [2.05, 4.69) is 11.9 Å². The average Bonchev–Trinajstić information content (AvgIpc) is 2.23. The van der Waals surface area contributed by atoms with Gasteiger partial charge >= 0.3 is 0 Å².